The van der Waals surface area contributed by atoms with Crippen molar-refractivity contribution in [3.8, 4) is 0 Å². The fourth-order valence-electron chi connectivity index (χ4n) is 2.71. The fourth-order valence-corrected chi connectivity index (χ4v) is 4.17. The van der Waals surface area contributed by atoms with Gasteiger partial charge in [-0.2, -0.15) is 5.10 Å². The number of piperidine rings is 1. The Hall–Kier alpha value is -1.14. The van der Waals surface area contributed by atoms with Gasteiger partial charge in [0.15, 0.2) is 0 Å². The van der Waals surface area contributed by atoms with E-state index in [1.165, 1.54) is 17.5 Å². The van der Waals surface area contributed by atoms with Gasteiger partial charge in [-0.3, -0.25) is 4.79 Å². The van der Waals surface area contributed by atoms with Crippen molar-refractivity contribution in [2.24, 2.45) is 5.92 Å². The van der Waals surface area contributed by atoms with Gasteiger partial charge < -0.3 is 4.90 Å². The van der Waals surface area contributed by atoms with E-state index >= 15 is 0 Å². The van der Waals surface area contributed by atoms with Crippen LogP contribution in [0.5, 0.6) is 0 Å². The van der Waals surface area contributed by atoms with Crippen LogP contribution in [0.3, 0.4) is 0 Å². The molecule has 3 rings (SSSR count). The van der Waals surface area contributed by atoms with Crippen LogP contribution in [0, 0.1) is 5.92 Å². The minimum atomic E-state index is -0.0361. The van der Waals surface area contributed by atoms with Crippen LogP contribution in [0.2, 0.25) is 0 Å². The molecule has 6 heteroatoms. The van der Waals surface area contributed by atoms with Crippen molar-refractivity contribution in [3.63, 3.8) is 0 Å². The van der Waals surface area contributed by atoms with Gasteiger partial charge in [0.25, 0.3) is 5.56 Å². The lowest BCUT2D eigenvalue weighted by atomic mass is 10.00. The SMILES string of the molecule is CC1CCCN(c2cnn(Cc3sccc3Br)c(=O)c2)C1. The van der Waals surface area contributed by atoms with E-state index in [-0.39, 0.29) is 5.56 Å². The summed E-state index contributed by atoms with van der Waals surface area (Å²) in [6, 6.07) is 3.71. The van der Waals surface area contributed by atoms with E-state index in [4.69, 9.17) is 0 Å². The molecular formula is C15H18BrN3OS. The number of nitrogens with zero attached hydrogens (tertiary/aromatic N) is 3. The van der Waals surface area contributed by atoms with Crippen molar-refractivity contribution in [1.82, 2.24) is 9.78 Å². The van der Waals surface area contributed by atoms with Gasteiger partial charge in [0.2, 0.25) is 0 Å². The lowest BCUT2D eigenvalue weighted by molar-refractivity contribution is 0.445. The first-order valence-corrected chi connectivity index (χ1v) is 8.85. The maximum absolute atomic E-state index is 12.3. The molecule has 1 atom stereocenters. The van der Waals surface area contributed by atoms with Crippen molar-refractivity contribution in [2.45, 2.75) is 26.3 Å². The molecule has 0 N–H and O–H groups in total. The van der Waals surface area contributed by atoms with Crippen LogP contribution in [0.15, 0.2) is 33.0 Å². The van der Waals surface area contributed by atoms with Gasteiger partial charge >= 0.3 is 0 Å². The van der Waals surface area contributed by atoms with Crippen molar-refractivity contribution >= 4 is 33.0 Å². The average molecular weight is 368 g/mol. The van der Waals surface area contributed by atoms with Crippen LogP contribution >= 0.6 is 27.3 Å². The molecule has 1 aliphatic rings. The second-order valence-electron chi connectivity index (χ2n) is 5.59. The maximum Gasteiger partial charge on any atom is 0.269 e. The van der Waals surface area contributed by atoms with Crippen LogP contribution in [-0.4, -0.2) is 22.9 Å². The molecule has 1 unspecified atom stereocenters. The van der Waals surface area contributed by atoms with Crippen molar-refractivity contribution < 1.29 is 0 Å². The molecule has 0 bridgehead atoms. The van der Waals surface area contributed by atoms with Gasteiger partial charge in [-0.1, -0.05) is 6.92 Å². The lowest BCUT2D eigenvalue weighted by Crippen LogP contribution is -2.35. The number of thiophene rings is 1. The van der Waals surface area contributed by atoms with E-state index in [9.17, 15) is 4.79 Å². The van der Waals surface area contributed by atoms with E-state index in [0.717, 1.165) is 28.1 Å². The Morgan fingerprint density at radius 3 is 3.05 bits per heavy atom. The van der Waals surface area contributed by atoms with Gasteiger partial charge in [-0.15, -0.1) is 11.3 Å². The third-order valence-electron chi connectivity index (χ3n) is 3.86. The number of halogens is 1. The Bertz CT molecular complexity index is 682. The van der Waals surface area contributed by atoms with E-state index in [0.29, 0.717) is 12.5 Å². The monoisotopic (exact) mass is 367 g/mol. The molecule has 3 heterocycles. The van der Waals surface area contributed by atoms with Gasteiger partial charge in [-0.05, 0) is 46.1 Å². The number of aromatic nitrogens is 2. The number of rotatable bonds is 3. The van der Waals surface area contributed by atoms with Gasteiger partial charge in [0, 0.05) is 28.5 Å². The Kier molecular flexibility index (Phi) is 4.45. The molecule has 0 aromatic carbocycles. The first-order chi connectivity index (χ1) is 10.1. The minimum absolute atomic E-state index is 0.0361. The fraction of sp³-hybridized carbons (Fsp3) is 0.467. The maximum atomic E-state index is 12.3. The second kappa shape index (κ2) is 6.32. The Balaban J connectivity index is 1.80. The highest BCUT2D eigenvalue weighted by molar-refractivity contribution is 9.10. The molecule has 1 aliphatic heterocycles. The summed E-state index contributed by atoms with van der Waals surface area (Å²) in [6.45, 7) is 4.82. The first-order valence-electron chi connectivity index (χ1n) is 7.17. The highest BCUT2D eigenvalue weighted by atomic mass is 79.9. The topological polar surface area (TPSA) is 38.1 Å². The molecular weight excluding hydrogens is 350 g/mol. The average Bonchev–Trinajstić information content (AvgIpc) is 2.86. The number of anilines is 1. The second-order valence-corrected chi connectivity index (χ2v) is 7.45. The predicted molar refractivity (Wildman–Crippen MR) is 90.2 cm³/mol. The molecule has 0 amide bonds. The molecule has 1 saturated heterocycles. The molecule has 0 aliphatic carbocycles. The quantitative estimate of drug-likeness (QED) is 0.834. The van der Waals surface area contributed by atoms with Crippen LogP contribution < -0.4 is 10.5 Å². The summed E-state index contributed by atoms with van der Waals surface area (Å²) in [5, 5.41) is 6.35. The van der Waals surface area contributed by atoms with Gasteiger partial charge in [-0.25, -0.2) is 4.68 Å². The molecule has 0 radical (unpaired) electrons. The zero-order valence-corrected chi connectivity index (χ0v) is 14.4. The molecule has 0 saturated carbocycles. The van der Waals surface area contributed by atoms with Crippen molar-refractivity contribution in [3.05, 3.63) is 43.4 Å². The zero-order valence-electron chi connectivity index (χ0n) is 12.0. The summed E-state index contributed by atoms with van der Waals surface area (Å²) in [5.41, 5.74) is 0.916. The first kappa shape index (κ1) is 14.8. The van der Waals surface area contributed by atoms with E-state index in [1.807, 2.05) is 17.6 Å². The standard InChI is InChI=1S/C15H18BrN3OS/c1-11-3-2-5-18(9-11)12-7-15(20)19(17-8-12)10-14-13(16)4-6-21-14/h4,6-8,11H,2-3,5,9-10H2,1H3. The molecule has 0 spiro atoms. The van der Waals surface area contributed by atoms with Crippen LogP contribution in [-0.2, 0) is 6.54 Å². The van der Waals surface area contributed by atoms with Gasteiger partial charge in [0.1, 0.15) is 0 Å². The summed E-state index contributed by atoms with van der Waals surface area (Å²) >= 11 is 5.12. The summed E-state index contributed by atoms with van der Waals surface area (Å²) in [4.78, 5) is 15.7. The zero-order chi connectivity index (χ0) is 14.8. The molecule has 21 heavy (non-hydrogen) atoms. The van der Waals surface area contributed by atoms with Gasteiger partial charge in [0.05, 0.1) is 18.4 Å². The number of hydrogen-bond acceptors (Lipinski definition) is 4. The third-order valence-corrected chi connectivity index (χ3v) is 5.77. The Morgan fingerprint density at radius 1 is 1.52 bits per heavy atom. The normalized spacial score (nSPS) is 19.0. The third kappa shape index (κ3) is 3.37. The summed E-state index contributed by atoms with van der Waals surface area (Å²) in [5.74, 6) is 0.684. The summed E-state index contributed by atoms with van der Waals surface area (Å²) in [6.07, 6.45) is 4.28. The molecule has 2 aromatic rings. The van der Waals surface area contributed by atoms with Crippen LogP contribution in [0.4, 0.5) is 5.69 Å². The highest BCUT2D eigenvalue weighted by Gasteiger charge is 2.17. The highest BCUT2D eigenvalue weighted by Crippen LogP contribution is 2.23. The summed E-state index contributed by atoms with van der Waals surface area (Å²) in [7, 11) is 0. The molecule has 1 fully saturated rings. The van der Waals surface area contributed by atoms with E-state index in [1.54, 1.807) is 17.4 Å². The van der Waals surface area contributed by atoms with E-state index < -0.39 is 0 Å². The molecule has 2 aromatic heterocycles. The van der Waals surface area contributed by atoms with Crippen molar-refractivity contribution in [1.29, 1.82) is 0 Å². The smallest absolute Gasteiger partial charge is 0.269 e. The summed E-state index contributed by atoms with van der Waals surface area (Å²) < 4.78 is 2.56. The molecule has 4 nitrogen and oxygen atoms in total. The van der Waals surface area contributed by atoms with E-state index in [2.05, 4.69) is 32.9 Å². The van der Waals surface area contributed by atoms with Crippen LogP contribution in [0.25, 0.3) is 0 Å². The van der Waals surface area contributed by atoms with Crippen molar-refractivity contribution in [2.75, 3.05) is 18.0 Å². The minimum Gasteiger partial charge on any atom is -0.370 e. The van der Waals surface area contributed by atoms with Crippen LogP contribution in [0.1, 0.15) is 24.6 Å². The Labute approximate surface area is 136 Å². The largest absolute Gasteiger partial charge is 0.370 e. The lowest BCUT2D eigenvalue weighted by Gasteiger charge is -2.32. The predicted octanol–water partition coefficient (Wildman–Crippen LogP) is 3.35. The molecule has 112 valence electrons. The Morgan fingerprint density at radius 2 is 2.38 bits per heavy atom. The number of hydrogen-bond donors (Lipinski definition) is 0.